The van der Waals surface area contributed by atoms with Crippen molar-refractivity contribution < 1.29 is 17.4 Å². The van der Waals surface area contributed by atoms with Gasteiger partial charge < -0.3 is 0 Å². The van der Waals surface area contributed by atoms with Gasteiger partial charge in [0, 0.05) is 0 Å². The third kappa shape index (κ3) is 3.23. The standard InChI is InChI=1S/C6H7.C6H11.C5H5.CH3.2ClH.H2Si.Zr/c1-6-4-2-3-5-6;1-2-4-6-5-3-1;1-2-4-5-3-1;;;;;/h2,4H,3H2,1H3;1H,2-6H2;1-3H,4H2;1H3;2*1H;1H2;. The molecule has 0 aliphatic heterocycles. The van der Waals surface area contributed by atoms with Crippen molar-refractivity contribution in [1.29, 1.82) is 0 Å². The largest absolute Gasteiger partial charge is 0.147 e. The summed E-state index contributed by atoms with van der Waals surface area (Å²) in [5, 5.41) is 0. The van der Waals surface area contributed by atoms with Gasteiger partial charge >= 0.3 is 127 Å². The van der Waals surface area contributed by atoms with Gasteiger partial charge in [-0.3, -0.25) is 0 Å². The molecular formula is C18H30Cl2SiZr. The fraction of sp³-hybridized carbons (Fsp3) is 0.556. The second-order valence-corrected chi connectivity index (χ2v) is 33.8. The van der Waals surface area contributed by atoms with E-state index in [0.717, 1.165) is 3.63 Å². The molecule has 3 rings (SSSR count). The molecule has 0 unspecified atom stereocenters. The van der Waals surface area contributed by atoms with Gasteiger partial charge in [-0.1, -0.05) is 0 Å². The molecule has 1 fully saturated rings. The van der Waals surface area contributed by atoms with Crippen LogP contribution in [-0.4, -0.2) is 6.88 Å². The van der Waals surface area contributed by atoms with E-state index in [1.165, 1.54) is 44.9 Å². The maximum atomic E-state index is 2.78. The molecule has 0 spiro atoms. The fourth-order valence-corrected chi connectivity index (χ4v) is 27.4. The van der Waals surface area contributed by atoms with Gasteiger partial charge in [-0.15, -0.1) is 24.8 Å². The Kier molecular flexibility index (Phi) is 7.22. The molecule has 3 aliphatic rings. The summed E-state index contributed by atoms with van der Waals surface area (Å²) in [5.74, 6) is 0. The minimum absolute atomic E-state index is 0. The van der Waals surface area contributed by atoms with E-state index in [1.54, 1.807) is 5.57 Å². The average Bonchev–Trinajstić information content (AvgIpc) is 3.11. The van der Waals surface area contributed by atoms with Crippen molar-refractivity contribution >= 4 is 31.7 Å². The Hall–Kier alpha value is 0.640. The zero-order valence-corrected chi connectivity index (χ0v) is 19.4. The summed E-state index contributed by atoms with van der Waals surface area (Å²) in [6, 6.07) is 0. The molecule has 0 atom stereocenters. The van der Waals surface area contributed by atoms with E-state index >= 15 is 0 Å². The van der Waals surface area contributed by atoms with Crippen molar-refractivity contribution in [3.63, 3.8) is 0 Å². The molecule has 4 heteroatoms. The predicted molar refractivity (Wildman–Crippen MR) is 104 cm³/mol. The van der Waals surface area contributed by atoms with Crippen molar-refractivity contribution in [2.45, 2.75) is 60.1 Å². The summed E-state index contributed by atoms with van der Waals surface area (Å²) >= 11 is -2.97. The first-order valence-electron chi connectivity index (χ1n) is 8.31. The van der Waals surface area contributed by atoms with Crippen LogP contribution in [0.1, 0.15) is 51.9 Å². The van der Waals surface area contributed by atoms with E-state index in [2.05, 4.69) is 48.8 Å². The van der Waals surface area contributed by atoms with Crippen LogP contribution in [0.5, 0.6) is 0 Å². The molecule has 0 aromatic carbocycles. The van der Waals surface area contributed by atoms with Crippen LogP contribution in [0.3, 0.4) is 0 Å². The van der Waals surface area contributed by atoms with Crippen LogP contribution in [0, 0.1) is 0 Å². The van der Waals surface area contributed by atoms with E-state index in [4.69, 9.17) is 0 Å². The van der Waals surface area contributed by atoms with Gasteiger partial charge in [0.15, 0.2) is 0 Å². The first-order valence-corrected chi connectivity index (χ1v) is 20.6. The van der Waals surface area contributed by atoms with Crippen molar-refractivity contribution in [1.82, 2.24) is 0 Å². The van der Waals surface area contributed by atoms with E-state index in [0.29, 0.717) is 0 Å². The van der Waals surface area contributed by atoms with Crippen LogP contribution in [0.4, 0.5) is 0 Å². The Morgan fingerprint density at radius 2 is 1.73 bits per heavy atom. The van der Waals surface area contributed by atoms with Crippen LogP contribution >= 0.6 is 24.8 Å². The van der Waals surface area contributed by atoms with Crippen LogP contribution in [0.25, 0.3) is 0 Å². The zero-order valence-electron chi connectivity index (χ0n) is 13.9. The summed E-state index contributed by atoms with van der Waals surface area (Å²) in [7, 11) is 0. The first kappa shape index (κ1) is 20.7. The quantitative estimate of drug-likeness (QED) is 0.480. The number of rotatable bonds is 3. The van der Waals surface area contributed by atoms with E-state index < -0.39 is 17.4 Å². The van der Waals surface area contributed by atoms with Crippen LogP contribution in [0.2, 0.25) is 8.26 Å². The minimum Gasteiger partial charge on any atom is -0.147 e. The van der Waals surface area contributed by atoms with Crippen molar-refractivity contribution in [2.75, 3.05) is 0 Å². The first-order chi connectivity index (χ1) is 9.53. The molecule has 0 N–H and O–H groups in total. The van der Waals surface area contributed by atoms with E-state index in [-0.39, 0.29) is 24.8 Å². The summed E-state index contributed by atoms with van der Waals surface area (Å²) in [6.07, 6.45) is 21.9. The molecule has 0 amide bonds. The van der Waals surface area contributed by atoms with Gasteiger partial charge in [0.25, 0.3) is 0 Å². The Labute approximate surface area is 150 Å². The summed E-state index contributed by atoms with van der Waals surface area (Å²) in [4.78, 5) is 0. The molecule has 0 saturated heterocycles. The fourth-order valence-electron chi connectivity index (χ4n) is 5.00. The Bertz CT molecular complexity index is 607. The second-order valence-electron chi connectivity index (χ2n) is 7.54. The normalized spacial score (nSPS) is 22.4. The summed E-state index contributed by atoms with van der Waals surface area (Å²) < 4.78 is 7.58. The molecule has 0 bridgehead atoms. The SMILES string of the molecule is CC1=[C]([Zr]([CH3])(=[SiH2])([C]2=CC=CC2)[CH]2CCCCC2)CC=C1.Cl.Cl. The Morgan fingerprint density at radius 3 is 2.23 bits per heavy atom. The van der Waals surface area contributed by atoms with Crippen LogP contribution in [-0.2, 0) is 17.4 Å². The molecule has 1 saturated carbocycles. The molecule has 22 heavy (non-hydrogen) atoms. The van der Waals surface area contributed by atoms with Gasteiger partial charge in [0.05, 0.1) is 0 Å². The second kappa shape index (κ2) is 7.68. The monoisotopic (exact) mass is 434 g/mol. The van der Waals surface area contributed by atoms with Gasteiger partial charge in [0.1, 0.15) is 0 Å². The maximum absolute atomic E-state index is 2.97. The molecule has 3 aliphatic carbocycles. The predicted octanol–water partition coefficient (Wildman–Crippen LogP) is 5.95. The third-order valence-electron chi connectivity index (χ3n) is 6.38. The number of hydrogen-bond donors (Lipinski definition) is 0. The molecule has 0 aromatic rings. The Balaban J connectivity index is 0.00000121. The number of allylic oxidation sites excluding steroid dienone is 8. The molecule has 0 nitrogen and oxygen atoms in total. The maximum Gasteiger partial charge on any atom is -0.147 e. The van der Waals surface area contributed by atoms with Gasteiger partial charge in [-0.05, 0) is 0 Å². The topological polar surface area (TPSA) is 0 Å². The third-order valence-corrected chi connectivity index (χ3v) is 32.8. The molecule has 0 heterocycles. The van der Waals surface area contributed by atoms with Crippen LogP contribution < -0.4 is 0 Å². The molecule has 124 valence electrons. The van der Waals surface area contributed by atoms with Gasteiger partial charge in [-0.2, -0.15) is 0 Å². The van der Waals surface area contributed by atoms with Crippen molar-refractivity contribution in [3.05, 3.63) is 42.5 Å². The van der Waals surface area contributed by atoms with E-state index in [9.17, 15) is 0 Å². The zero-order chi connectivity index (χ0) is 14.2. The van der Waals surface area contributed by atoms with E-state index in [1.807, 2.05) is 6.56 Å². The number of hydrogen-bond acceptors (Lipinski definition) is 0. The molecule has 0 aromatic heterocycles. The smallest absolute Gasteiger partial charge is 0.147 e. The molecular weight excluding hydrogens is 406 g/mol. The van der Waals surface area contributed by atoms with Crippen molar-refractivity contribution in [3.8, 4) is 0 Å². The van der Waals surface area contributed by atoms with Crippen LogP contribution in [0.15, 0.2) is 42.5 Å². The minimum atomic E-state index is -2.97. The summed E-state index contributed by atoms with van der Waals surface area (Å²) in [6.45, 7) is 4.87. The molecule has 0 radical (unpaired) electrons. The average molecular weight is 437 g/mol. The van der Waals surface area contributed by atoms with Gasteiger partial charge in [0.2, 0.25) is 0 Å². The Morgan fingerprint density at radius 1 is 1.05 bits per heavy atom. The van der Waals surface area contributed by atoms with Crippen molar-refractivity contribution in [2.24, 2.45) is 0 Å². The van der Waals surface area contributed by atoms with Gasteiger partial charge in [-0.25, -0.2) is 0 Å². The summed E-state index contributed by atoms with van der Waals surface area (Å²) in [5.41, 5.74) is 1.62. The number of halogens is 2.